The van der Waals surface area contributed by atoms with Crippen LogP contribution in [0, 0.1) is 5.41 Å². The first kappa shape index (κ1) is 32.3. The third-order valence-electron chi connectivity index (χ3n) is 6.13. The summed E-state index contributed by atoms with van der Waals surface area (Å²) in [6.07, 6.45) is -14.1. The lowest BCUT2D eigenvalue weighted by molar-refractivity contribution is -0.141. The van der Waals surface area contributed by atoms with Crippen molar-refractivity contribution in [2.24, 2.45) is 5.41 Å². The average molecular weight is 685 g/mol. The highest BCUT2D eigenvalue weighted by Gasteiger charge is 2.52. The number of ketones is 1. The van der Waals surface area contributed by atoms with Crippen LogP contribution in [0.3, 0.4) is 0 Å². The molecule has 0 bridgehead atoms. The summed E-state index contributed by atoms with van der Waals surface area (Å²) >= 11 is 14.8. The molecule has 1 N–H and O–H groups in total. The zero-order valence-corrected chi connectivity index (χ0v) is 22.9. The van der Waals surface area contributed by atoms with Crippen LogP contribution in [0.25, 0.3) is 6.08 Å². The molecule has 1 atom stereocenters. The third-order valence-corrected chi connectivity index (χ3v) is 8.04. The van der Waals surface area contributed by atoms with E-state index in [1.165, 1.54) is 0 Å². The summed E-state index contributed by atoms with van der Waals surface area (Å²) in [5.74, 6) is -4.54. The number of carbonyl (C=O) groups excluding carboxylic acids is 2. The molecule has 2 aromatic rings. The standard InChI is InChI=1S/C25H17BrCl2F9NO2/c26-20-17(27)8-13(9-18(20)28)15(24(32,33)34)4-2-12-1-3-14(16(7-12)25(35,36)37)19(39)10-22(5-6-22)21(40)38-11-23(29,30)31/h1-4,7-9,15H,5-6,10-11H2,(H,38,40)/b4-2+. The largest absolute Gasteiger partial charge is 0.417 e. The molecule has 2 aromatic carbocycles. The number of alkyl halides is 9. The van der Waals surface area contributed by atoms with Gasteiger partial charge in [-0.25, -0.2) is 0 Å². The van der Waals surface area contributed by atoms with E-state index in [4.69, 9.17) is 23.2 Å². The van der Waals surface area contributed by atoms with Crippen molar-refractivity contribution in [1.29, 1.82) is 0 Å². The van der Waals surface area contributed by atoms with Gasteiger partial charge >= 0.3 is 18.5 Å². The Morgan fingerprint density at radius 3 is 2.02 bits per heavy atom. The van der Waals surface area contributed by atoms with Gasteiger partial charge in [0.25, 0.3) is 0 Å². The molecule has 1 amide bonds. The Bertz CT molecular complexity index is 1310. The third kappa shape index (κ3) is 7.94. The minimum Gasteiger partial charge on any atom is -0.346 e. The van der Waals surface area contributed by atoms with Crippen molar-refractivity contribution in [3.8, 4) is 0 Å². The fourth-order valence-electron chi connectivity index (χ4n) is 3.92. The Morgan fingerprint density at radius 2 is 1.55 bits per heavy atom. The second-order valence-electron chi connectivity index (χ2n) is 9.16. The molecule has 15 heteroatoms. The maximum absolute atomic E-state index is 13.8. The zero-order valence-electron chi connectivity index (χ0n) is 19.8. The molecule has 0 radical (unpaired) electrons. The van der Waals surface area contributed by atoms with Gasteiger partial charge in [-0.2, -0.15) is 39.5 Å². The predicted octanol–water partition coefficient (Wildman–Crippen LogP) is 9.17. The van der Waals surface area contributed by atoms with Crippen LogP contribution in [-0.4, -0.2) is 30.6 Å². The van der Waals surface area contributed by atoms with Crippen molar-refractivity contribution in [2.75, 3.05) is 6.54 Å². The van der Waals surface area contributed by atoms with Gasteiger partial charge < -0.3 is 5.32 Å². The summed E-state index contributed by atoms with van der Waals surface area (Å²) in [4.78, 5) is 24.9. The maximum atomic E-state index is 13.8. The van der Waals surface area contributed by atoms with E-state index < -0.39 is 65.6 Å². The lowest BCUT2D eigenvalue weighted by Gasteiger charge is -2.19. The van der Waals surface area contributed by atoms with E-state index in [2.05, 4.69) is 15.9 Å². The highest BCUT2D eigenvalue weighted by Crippen LogP contribution is 2.50. The number of hydrogen-bond acceptors (Lipinski definition) is 2. The van der Waals surface area contributed by atoms with E-state index in [9.17, 15) is 49.1 Å². The first-order valence-corrected chi connectivity index (χ1v) is 12.8. The van der Waals surface area contributed by atoms with Crippen molar-refractivity contribution >= 4 is 56.9 Å². The van der Waals surface area contributed by atoms with Gasteiger partial charge in [0.2, 0.25) is 5.91 Å². The SMILES string of the molecule is O=C(CC1(C(=O)NCC(F)(F)F)CC1)c1ccc(/C=C/C(c2cc(Cl)c(Br)c(Cl)c2)C(F)(F)F)cc1C(F)(F)F. The Kier molecular flexibility index (Phi) is 9.32. The molecule has 0 spiro atoms. The molecule has 0 heterocycles. The minimum absolute atomic E-state index is 0.00746. The Labute approximate surface area is 239 Å². The summed E-state index contributed by atoms with van der Waals surface area (Å²) in [5.41, 5.74) is -4.58. The monoisotopic (exact) mass is 683 g/mol. The number of carbonyl (C=O) groups is 2. The number of hydrogen-bond donors (Lipinski definition) is 1. The summed E-state index contributed by atoms with van der Waals surface area (Å²) in [7, 11) is 0. The van der Waals surface area contributed by atoms with Gasteiger partial charge in [-0.3, -0.25) is 9.59 Å². The molecule has 0 aromatic heterocycles. The molecule has 0 saturated heterocycles. The van der Waals surface area contributed by atoms with Gasteiger partial charge in [-0.1, -0.05) is 47.5 Å². The average Bonchev–Trinajstić information content (AvgIpc) is 3.59. The van der Waals surface area contributed by atoms with Crippen LogP contribution in [0.4, 0.5) is 39.5 Å². The van der Waals surface area contributed by atoms with Crippen LogP contribution in [0.1, 0.15) is 52.2 Å². The number of benzene rings is 2. The minimum atomic E-state index is -5.11. The van der Waals surface area contributed by atoms with Crippen LogP contribution in [0.2, 0.25) is 10.0 Å². The molecule has 1 aliphatic rings. The van der Waals surface area contributed by atoms with Crippen molar-refractivity contribution in [1.82, 2.24) is 5.32 Å². The summed E-state index contributed by atoms with van der Waals surface area (Å²) in [6.45, 7) is -1.66. The zero-order chi connectivity index (χ0) is 30.3. The van der Waals surface area contributed by atoms with Gasteiger partial charge in [0.1, 0.15) is 6.54 Å². The van der Waals surface area contributed by atoms with E-state index >= 15 is 0 Å². The van der Waals surface area contributed by atoms with Crippen LogP contribution in [-0.2, 0) is 11.0 Å². The van der Waals surface area contributed by atoms with Gasteiger partial charge in [-0.15, -0.1) is 0 Å². The highest BCUT2D eigenvalue weighted by atomic mass is 79.9. The van der Waals surface area contributed by atoms with Crippen molar-refractivity contribution in [2.45, 2.75) is 43.7 Å². The molecule has 1 saturated carbocycles. The normalized spacial score (nSPS) is 16.2. The van der Waals surface area contributed by atoms with E-state index in [1.54, 1.807) is 5.32 Å². The molecule has 3 nitrogen and oxygen atoms in total. The van der Waals surface area contributed by atoms with Crippen LogP contribution < -0.4 is 5.32 Å². The van der Waals surface area contributed by atoms with Gasteiger partial charge in [-0.05, 0) is 58.1 Å². The van der Waals surface area contributed by atoms with E-state index in [0.29, 0.717) is 12.1 Å². The van der Waals surface area contributed by atoms with Crippen molar-refractivity contribution < 1.29 is 49.1 Å². The van der Waals surface area contributed by atoms with E-state index in [1.807, 2.05) is 0 Å². The summed E-state index contributed by atoms with van der Waals surface area (Å²) in [6, 6.07) is 4.22. The van der Waals surface area contributed by atoms with Gasteiger partial charge in [0, 0.05) is 12.0 Å². The quantitative estimate of drug-likeness (QED) is 0.171. The second kappa shape index (κ2) is 11.6. The van der Waals surface area contributed by atoms with E-state index in [-0.39, 0.29) is 38.5 Å². The molecule has 1 aliphatic carbocycles. The highest BCUT2D eigenvalue weighted by molar-refractivity contribution is 9.10. The molecule has 218 valence electrons. The molecular formula is C25H17BrCl2F9NO2. The Morgan fingerprint density at radius 1 is 0.975 bits per heavy atom. The smallest absolute Gasteiger partial charge is 0.346 e. The molecule has 0 aliphatic heterocycles. The lowest BCUT2D eigenvalue weighted by Crippen LogP contribution is -2.39. The van der Waals surface area contributed by atoms with E-state index in [0.717, 1.165) is 30.3 Å². The van der Waals surface area contributed by atoms with Crippen LogP contribution in [0.15, 0.2) is 40.9 Å². The number of Topliss-reactive ketones (excluding diaryl/α,β-unsaturated/α-hetero) is 1. The van der Waals surface area contributed by atoms with Gasteiger partial charge in [0.05, 0.1) is 31.4 Å². The molecule has 1 fully saturated rings. The topological polar surface area (TPSA) is 46.2 Å². The molecular weight excluding hydrogens is 668 g/mol. The maximum Gasteiger partial charge on any atom is 0.417 e. The molecule has 1 unspecified atom stereocenters. The van der Waals surface area contributed by atoms with Crippen molar-refractivity contribution in [3.63, 3.8) is 0 Å². The Balaban J connectivity index is 1.90. The molecule has 40 heavy (non-hydrogen) atoms. The first-order chi connectivity index (χ1) is 18.2. The number of allylic oxidation sites excluding steroid dienone is 1. The first-order valence-electron chi connectivity index (χ1n) is 11.2. The Hall–Kier alpha value is -2.25. The summed E-state index contributed by atoms with van der Waals surface area (Å²) in [5, 5.41) is 1.41. The van der Waals surface area contributed by atoms with Crippen molar-refractivity contribution in [3.05, 3.63) is 73.2 Å². The summed E-state index contributed by atoms with van der Waals surface area (Å²) < 4.78 is 120. The predicted molar refractivity (Wildman–Crippen MR) is 133 cm³/mol. The number of nitrogens with one attached hydrogen (secondary N) is 1. The second-order valence-corrected chi connectivity index (χ2v) is 10.8. The lowest BCUT2D eigenvalue weighted by atomic mass is 9.91. The van der Waals surface area contributed by atoms with Crippen LogP contribution in [0.5, 0.6) is 0 Å². The van der Waals surface area contributed by atoms with Crippen LogP contribution >= 0.6 is 39.1 Å². The number of halogens is 12. The van der Waals surface area contributed by atoms with Gasteiger partial charge in [0.15, 0.2) is 5.78 Å². The number of amides is 1. The fraction of sp³-hybridized carbons (Fsp3) is 0.360. The number of rotatable bonds is 8. The molecule has 3 rings (SSSR count). The fourth-order valence-corrected chi connectivity index (χ4v) is 4.65.